The zero-order valence-electron chi connectivity index (χ0n) is 12.7. The lowest BCUT2D eigenvalue weighted by molar-refractivity contribution is 0.395. The number of nitrogens with zero attached hydrogens (tertiary/aromatic N) is 2. The summed E-state index contributed by atoms with van der Waals surface area (Å²) < 4.78 is 12.7. The Morgan fingerprint density at radius 3 is 2.57 bits per heavy atom. The second-order valence-corrected chi connectivity index (χ2v) is 5.33. The fourth-order valence-corrected chi connectivity index (χ4v) is 2.36. The quantitative estimate of drug-likeness (QED) is 0.883. The van der Waals surface area contributed by atoms with Crippen LogP contribution in [-0.2, 0) is 6.54 Å². The topological polar surface area (TPSA) is 48.3 Å². The molecule has 0 aliphatic carbocycles. The predicted molar refractivity (Wildman–Crippen MR) is 84.5 cm³/mol. The standard InChI is InChI=1S/C15H20ClN3O2/c1-10(2)19-9-17-7-11(19)8-18-13-5-12(16)14(20-3)6-15(13)21-4/h5-7,9-10,18H,8H2,1-4H3. The van der Waals surface area contributed by atoms with Crippen LogP contribution >= 0.6 is 11.6 Å². The summed E-state index contributed by atoms with van der Waals surface area (Å²) in [4.78, 5) is 4.19. The van der Waals surface area contributed by atoms with E-state index < -0.39 is 0 Å². The van der Waals surface area contributed by atoms with Crippen LogP contribution in [0.15, 0.2) is 24.7 Å². The van der Waals surface area contributed by atoms with Crippen LogP contribution in [0.5, 0.6) is 11.5 Å². The molecule has 2 rings (SSSR count). The molecule has 0 atom stereocenters. The molecule has 0 fully saturated rings. The van der Waals surface area contributed by atoms with Crippen LogP contribution in [0.4, 0.5) is 5.69 Å². The average molecular weight is 310 g/mol. The van der Waals surface area contributed by atoms with Crippen LogP contribution in [0.25, 0.3) is 0 Å². The molecule has 0 spiro atoms. The third kappa shape index (κ3) is 3.42. The maximum Gasteiger partial charge on any atom is 0.145 e. The van der Waals surface area contributed by atoms with E-state index in [1.165, 1.54) is 0 Å². The highest BCUT2D eigenvalue weighted by Crippen LogP contribution is 2.36. The van der Waals surface area contributed by atoms with Crippen LogP contribution in [0.2, 0.25) is 5.02 Å². The first-order valence-corrected chi connectivity index (χ1v) is 7.10. The minimum atomic E-state index is 0.366. The van der Waals surface area contributed by atoms with Gasteiger partial charge in [-0.05, 0) is 19.9 Å². The number of hydrogen-bond donors (Lipinski definition) is 1. The van der Waals surface area contributed by atoms with Gasteiger partial charge < -0.3 is 19.4 Å². The van der Waals surface area contributed by atoms with Gasteiger partial charge in [0.25, 0.3) is 0 Å². The van der Waals surface area contributed by atoms with Crippen LogP contribution in [0.3, 0.4) is 0 Å². The number of imidazole rings is 1. The Morgan fingerprint density at radius 2 is 1.95 bits per heavy atom. The van der Waals surface area contributed by atoms with Gasteiger partial charge in [0.05, 0.1) is 43.5 Å². The summed E-state index contributed by atoms with van der Waals surface area (Å²) >= 11 is 6.16. The van der Waals surface area contributed by atoms with E-state index in [-0.39, 0.29) is 0 Å². The van der Waals surface area contributed by atoms with Gasteiger partial charge >= 0.3 is 0 Å². The van der Waals surface area contributed by atoms with Crippen LogP contribution in [0, 0.1) is 0 Å². The molecule has 0 aliphatic rings. The normalized spacial score (nSPS) is 10.8. The molecule has 1 aromatic carbocycles. The van der Waals surface area contributed by atoms with E-state index in [1.54, 1.807) is 26.4 Å². The summed E-state index contributed by atoms with van der Waals surface area (Å²) in [5, 5.41) is 3.87. The number of methoxy groups -OCH3 is 2. The number of rotatable bonds is 6. The molecule has 1 aromatic heterocycles. The van der Waals surface area contributed by atoms with Crippen molar-refractivity contribution in [2.45, 2.75) is 26.4 Å². The number of ether oxygens (including phenoxy) is 2. The monoisotopic (exact) mass is 309 g/mol. The zero-order valence-corrected chi connectivity index (χ0v) is 13.4. The summed E-state index contributed by atoms with van der Waals surface area (Å²) in [7, 11) is 3.20. The molecule has 1 N–H and O–H groups in total. The average Bonchev–Trinajstić information content (AvgIpc) is 2.93. The van der Waals surface area contributed by atoms with E-state index in [0.29, 0.717) is 29.1 Å². The number of anilines is 1. The van der Waals surface area contributed by atoms with Crippen LogP contribution < -0.4 is 14.8 Å². The molecule has 0 bridgehead atoms. The van der Waals surface area contributed by atoms with E-state index in [9.17, 15) is 0 Å². The second-order valence-electron chi connectivity index (χ2n) is 4.93. The van der Waals surface area contributed by atoms with Gasteiger partial charge in [0.1, 0.15) is 11.5 Å². The zero-order chi connectivity index (χ0) is 15.4. The van der Waals surface area contributed by atoms with E-state index in [4.69, 9.17) is 21.1 Å². The third-order valence-electron chi connectivity index (χ3n) is 3.24. The largest absolute Gasteiger partial charge is 0.495 e. The minimum Gasteiger partial charge on any atom is -0.495 e. The fourth-order valence-electron chi connectivity index (χ4n) is 2.12. The summed E-state index contributed by atoms with van der Waals surface area (Å²) in [6.07, 6.45) is 3.69. The maximum absolute atomic E-state index is 6.16. The lowest BCUT2D eigenvalue weighted by Crippen LogP contribution is -2.09. The third-order valence-corrected chi connectivity index (χ3v) is 3.53. The highest BCUT2D eigenvalue weighted by Gasteiger charge is 2.11. The number of aromatic nitrogens is 2. The Hall–Kier alpha value is -1.88. The first-order chi connectivity index (χ1) is 10.1. The lowest BCUT2D eigenvalue weighted by atomic mass is 10.2. The number of nitrogens with one attached hydrogen (secondary N) is 1. The molecule has 0 saturated carbocycles. The van der Waals surface area contributed by atoms with Crippen LogP contribution in [-0.4, -0.2) is 23.8 Å². The molecule has 2 aromatic rings. The van der Waals surface area contributed by atoms with Gasteiger partial charge in [-0.1, -0.05) is 11.6 Å². The maximum atomic E-state index is 6.16. The number of hydrogen-bond acceptors (Lipinski definition) is 4. The summed E-state index contributed by atoms with van der Waals surface area (Å²) in [6.45, 7) is 4.88. The highest BCUT2D eigenvalue weighted by atomic mass is 35.5. The molecule has 0 unspecified atom stereocenters. The molecule has 0 amide bonds. The van der Waals surface area contributed by atoms with Gasteiger partial charge in [-0.25, -0.2) is 4.98 Å². The van der Waals surface area contributed by atoms with Crippen molar-refractivity contribution in [3.63, 3.8) is 0 Å². The first kappa shape index (κ1) is 15.5. The molecule has 21 heavy (non-hydrogen) atoms. The van der Waals surface area contributed by atoms with Gasteiger partial charge in [-0.15, -0.1) is 0 Å². The molecular weight excluding hydrogens is 290 g/mol. The Balaban J connectivity index is 2.19. The van der Waals surface area contributed by atoms with Crippen molar-refractivity contribution in [1.29, 1.82) is 0 Å². The minimum absolute atomic E-state index is 0.366. The van der Waals surface area contributed by atoms with Crippen molar-refractivity contribution in [2.75, 3.05) is 19.5 Å². The fraction of sp³-hybridized carbons (Fsp3) is 0.400. The molecular formula is C15H20ClN3O2. The van der Waals surface area contributed by atoms with Crippen molar-refractivity contribution < 1.29 is 9.47 Å². The van der Waals surface area contributed by atoms with Gasteiger partial charge in [-0.2, -0.15) is 0 Å². The van der Waals surface area contributed by atoms with Gasteiger partial charge in [0.2, 0.25) is 0 Å². The van der Waals surface area contributed by atoms with E-state index in [2.05, 4.69) is 28.7 Å². The lowest BCUT2D eigenvalue weighted by Gasteiger charge is -2.16. The van der Waals surface area contributed by atoms with Crippen molar-refractivity contribution in [3.05, 3.63) is 35.4 Å². The molecule has 0 saturated heterocycles. The summed E-state index contributed by atoms with van der Waals surface area (Å²) in [6, 6.07) is 3.94. The van der Waals surface area contributed by atoms with Crippen molar-refractivity contribution in [1.82, 2.24) is 9.55 Å². The number of benzene rings is 1. The van der Waals surface area contributed by atoms with Gasteiger partial charge in [0.15, 0.2) is 0 Å². The predicted octanol–water partition coefficient (Wildman–Crippen LogP) is 3.75. The number of halogens is 1. The molecule has 0 radical (unpaired) electrons. The summed E-state index contributed by atoms with van der Waals surface area (Å²) in [5.74, 6) is 1.28. The van der Waals surface area contributed by atoms with E-state index in [1.807, 2.05) is 12.5 Å². The smallest absolute Gasteiger partial charge is 0.145 e. The highest BCUT2D eigenvalue weighted by molar-refractivity contribution is 6.32. The Bertz CT molecular complexity index is 611. The molecule has 5 nitrogen and oxygen atoms in total. The summed E-state index contributed by atoms with van der Waals surface area (Å²) in [5.41, 5.74) is 1.92. The van der Waals surface area contributed by atoms with Crippen LogP contribution in [0.1, 0.15) is 25.6 Å². The van der Waals surface area contributed by atoms with Crippen molar-refractivity contribution in [3.8, 4) is 11.5 Å². The van der Waals surface area contributed by atoms with E-state index >= 15 is 0 Å². The first-order valence-electron chi connectivity index (χ1n) is 6.73. The SMILES string of the molecule is COc1cc(OC)c(NCc2cncn2C(C)C)cc1Cl. The Morgan fingerprint density at radius 1 is 1.24 bits per heavy atom. The molecule has 114 valence electrons. The Kier molecular flexibility index (Phi) is 4.96. The molecule has 1 heterocycles. The second kappa shape index (κ2) is 6.72. The van der Waals surface area contributed by atoms with Crippen molar-refractivity contribution >= 4 is 17.3 Å². The van der Waals surface area contributed by atoms with Crippen molar-refractivity contribution in [2.24, 2.45) is 0 Å². The van der Waals surface area contributed by atoms with E-state index in [0.717, 1.165) is 11.4 Å². The van der Waals surface area contributed by atoms with Gasteiger partial charge in [0, 0.05) is 18.3 Å². The molecule has 0 aliphatic heterocycles. The van der Waals surface area contributed by atoms with Gasteiger partial charge in [-0.3, -0.25) is 0 Å². The molecule has 6 heteroatoms. The Labute approximate surface area is 129 Å².